The number of rotatable bonds is 1. The van der Waals surface area contributed by atoms with Crippen LogP contribution in [0.3, 0.4) is 0 Å². The van der Waals surface area contributed by atoms with Gasteiger partial charge in [0.05, 0.1) is 0 Å². The standard InChI is InChI=1S/C14H22F3NO3/c1-12(2,3)21-11(19)18-10-6-8-4-5-9(7-10)13(8,20)14(15,16)17/h8-10,20H,4-7H2,1-3H3,(H,18,19). The third kappa shape index (κ3) is 3.12. The van der Waals surface area contributed by atoms with Gasteiger partial charge in [0, 0.05) is 6.04 Å². The zero-order chi connectivity index (χ0) is 16.1. The van der Waals surface area contributed by atoms with Crippen molar-refractivity contribution in [3.8, 4) is 0 Å². The molecule has 2 bridgehead atoms. The number of amides is 1. The third-order valence-corrected chi connectivity index (χ3v) is 4.42. The van der Waals surface area contributed by atoms with Crippen molar-refractivity contribution in [2.24, 2.45) is 11.8 Å². The molecule has 4 nitrogen and oxygen atoms in total. The maximum atomic E-state index is 13.1. The molecule has 0 aromatic rings. The fraction of sp³-hybridized carbons (Fsp3) is 0.929. The van der Waals surface area contributed by atoms with Gasteiger partial charge in [0.2, 0.25) is 0 Å². The number of ether oxygens (including phenoxy) is 1. The Bertz CT molecular complexity index is 403. The number of fused-ring (bicyclic) bond motifs is 2. The average molecular weight is 309 g/mol. The fourth-order valence-corrected chi connectivity index (χ4v) is 3.61. The van der Waals surface area contributed by atoms with Gasteiger partial charge in [-0.05, 0) is 58.3 Å². The molecule has 0 spiro atoms. The van der Waals surface area contributed by atoms with Crippen LogP contribution in [0.4, 0.5) is 18.0 Å². The van der Waals surface area contributed by atoms with Crippen LogP contribution in [0.5, 0.6) is 0 Å². The zero-order valence-corrected chi connectivity index (χ0v) is 12.5. The molecule has 2 aliphatic rings. The summed E-state index contributed by atoms with van der Waals surface area (Å²) in [7, 11) is 0. The third-order valence-electron chi connectivity index (χ3n) is 4.42. The highest BCUT2D eigenvalue weighted by Gasteiger charge is 2.67. The summed E-state index contributed by atoms with van der Waals surface area (Å²) in [6.07, 6.45) is -4.29. The highest BCUT2D eigenvalue weighted by molar-refractivity contribution is 5.68. The van der Waals surface area contributed by atoms with Gasteiger partial charge in [0.25, 0.3) is 0 Å². The SMILES string of the molecule is CC(C)(C)OC(=O)NC1CC2CCC(C1)C2(O)C(F)(F)F. The van der Waals surface area contributed by atoms with Gasteiger partial charge < -0.3 is 15.2 Å². The summed E-state index contributed by atoms with van der Waals surface area (Å²) in [6, 6.07) is -0.375. The first-order valence-corrected chi connectivity index (χ1v) is 7.22. The largest absolute Gasteiger partial charge is 0.444 e. The number of nitrogens with one attached hydrogen (secondary N) is 1. The first-order valence-electron chi connectivity index (χ1n) is 7.22. The summed E-state index contributed by atoms with van der Waals surface area (Å²) in [6.45, 7) is 5.17. The van der Waals surface area contributed by atoms with Crippen molar-refractivity contribution in [2.45, 2.75) is 69.9 Å². The lowest BCUT2D eigenvalue weighted by Crippen LogP contribution is -2.59. The predicted octanol–water partition coefficient (Wildman–Crippen LogP) is 2.99. The van der Waals surface area contributed by atoms with Gasteiger partial charge in [-0.1, -0.05) is 0 Å². The number of halogens is 3. The molecule has 2 unspecified atom stereocenters. The number of carbonyl (C=O) groups is 1. The van der Waals surface area contributed by atoms with Gasteiger partial charge in [-0.15, -0.1) is 0 Å². The van der Waals surface area contributed by atoms with Gasteiger partial charge >= 0.3 is 12.3 Å². The molecule has 2 fully saturated rings. The van der Waals surface area contributed by atoms with Gasteiger partial charge in [0.1, 0.15) is 5.60 Å². The first-order chi connectivity index (χ1) is 9.43. The Hall–Kier alpha value is -0.980. The van der Waals surface area contributed by atoms with E-state index in [1.54, 1.807) is 20.8 Å². The maximum absolute atomic E-state index is 13.1. The minimum Gasteiger partial charge on any atom is -0.444 e. The summed E-state index contributed by atoms with van der Waals surface area (Å²) < 4.78 is 44.5. The summed E-state index contributed by atoms with van der Waals surface area (Å²) in [4.78, 5) is 11.7. The lowest BCUT2D eigenvalue weighted by atomic mass is 9.72. The molecule has 2 rings (SSSR count). The van der Waals surface area contributed by atoms with Crippen LogP contribution in [-0.4, -0.2) is 34.6 Å². The Balaban J connectivity index is 2.00. The van der Waals surface area contributed by atoms with Crippen molar-refractivity contribution in [2.75, 3.05) is 0 Å². The van der Waals surface area contributed by atoms with Crippen molar-refractivity contribution in [3.63, 3.8) is 0 Å². The van der Waals surface area contributed by atoms with Crippen molar-refractivity contribution in [1.82, 2.24) is 5.32 Å². The summed E-state index contributed by atoms with van der Waals surface area (Å²) in [5, 5.41) is 12.7. The molecule has 21 heavy (non-hydrogen) atoms. The second kappa shape index (κ2) is 5.04. The van der Waals surface area contributed by atoms with Crippen LogP contribution in [0.2, 0.25) is 0 Å². The number of hydrogen-bond donors (Lipinski definition) is 2. The topological polar surface area (TPSA) is 58.6 Å². The molecule has 0 aliphatic heterocycles. The summed E-state index contributed by atoms with van der Waals surface area (Å²) in [5.41, 5.74) is -3.25. The number of alkyl carbamates (subject to hydrolysis) is 1. The van der Waals surface area contributed by atoms with Crippen molar-refractivity contribution in [3.05, 3.63) is 0 Å². The van der Waals surface area contributed by atoms with Crippen LogP contribution in [0, 0.1) is 11.8 Å². The first kappa shape index (κ1) is 16.4. The molecule has 0 aromatic carbocycles. The second-order valence-electron chi connectivity index (χ2n) is 7.11. The van der Waals surface area contributed by atoms with Crippen LogP contribution in [0.25, 0.3) is 0 Å². The number of alkyl halides is 3. The Kier molecular flexibility index (Phi) is 3.93. The molecule has 2 atom stereocenters. The van der Waals surface area contributed by atoms with E-state index >= 15 is 0 Å². The van der Waals surface area contributed by atoms with E-state index in [1.165, 1.54) is 0 Å². The van der Waals surface area contributed by atoms with Crippen molar-refractivity contribution < 1.29 is 27.8 Å². The highest BCUT2D eigenvalue weighted by atomic mass is 19.4. The molecule has 122 valence electrons. The average Bonchev–Trinajstić information content (AvgIpc) is 2.46. The van der Waals surface area contributed by atoms with E-state index in [2.05, 4.69) is 5.32 Å². The molecule has 0 heterocycles. The van der Waals surface area contributed by atoms with E-state index in [0.29, 0.717) is 12.8 Å². The molecular formula is C14H22F3NO3. The monoisotopic (exact) mass is 309 g/mol. The van der Waals surface area contributed by atoms with Crippen LogP contribution in [0.1, 0.15) is 46.5 Å². The van der Waals surface area contributed by atoms with Crippen molar-refractivity contribution >= 4 is 6.09 Å². The van der Waals surface area contributed by atoms with E-state index in [9.17, 15) is 23.1 Å². The molecule has 0 saturated heterocycles. The van der Waals surface area contributed by atoms with E-state index in [0.717, 1.165) is 0 Å². The minimum absolute atomic E-state index is 0.131. The lowest BCUT2D eigenvalue weighted by molar-refractivity contribution is -0.295. The van der Waals surface area contributed by atoms with Gasteiger partial charge in [-0.2, -0.15) is 13.2 Å². The maximum Gasteiger partial charge on any atom is 0.417 e. The fourth-order valence-electron chi connectivity index (χ4n) is 3.61. The van der Waals surface area contributed by atoms with Gasteiger partial charge in [0.15, 0.2) is 5.60 Å². The van der Waals surface area contributed by atoms with Crippen LogP contribution in [0.15, 0.2) is 0 Å². The molecule has 1 amide bonds. The molecule has 2 saturated carbocycles. The lowest BCUT2D eigenvalue weighted by Gasteiger charge is -2.43. The molecule has 7 heteroatoms. The molecular weight excluding hydrogens is 287 g/mol. The van der Waals surface area contributed by atoms with Crippen molar-refractivity contribution in [1.29, 1.82) is 0 Å². The van der Waals surface area contributed by atoms with Crippen LogP contribution in [-0.2, 0) is 4.74 Å². The Labute approximate surface area is 122 Å². The Morgan fingerprint density at radius 3 is 2.05 bits per heavy atom. The van der Waals surface area contributed by atoms with E-state index in [1.807, 2.05) is 0 Å². The number of aliphatic hydroxyl groups is 1. The van der Waals surface area contributed by atoms with Crippen LogP contribution < -0.4 is 5.32 Å². The molecule has 2 aliphatic carbocycles. The van der Waals surface area contributed by atoms with Gasteiger partial charge in [-0.3, -0.25) is 0 Å². The smallest absolute Gasteiger partial charge is 0.417 e. The molecule has 0 radical (unpaired) electrons. The molecule has 2 N–H and O–H groups in total. The van der Waals surface area contributed by atoms with E-state index in [4.69, 9.17) is 4.74 Å². The molecule has 0 aromatic heterocycles. The summed E-state index contributed by atoms with van der Waals surface area (Å²) >= 11 is 0. The Morgan fingerprint density at radius 2 is 1.67 bits per heavy atom. The minimum atomic E-state index is -4.62. The predicted molar refractivity (Wildman–Crippen MR) is 69.6 cm³/mol. The summed E-state index contributed by atoms with van der Waals surface area (Å²) in [5.74, 6) is -1.70. The second-order valence-corrected chi connectivity index (χ2v) is 7.11. The quantitative estimate of drug-likeness (QED) is 0.783. The normalized spacial score (nSPS) is 36.4. The Morgan fingerprint density at radius 1 is 1.19 bits per heavy atom. The number of carbonyl (C=O) groups excluding carboxylic acids is 1. The zero-order valence-electron chi connectivity index (χ0n) is 12.5. The van der Waals surface area contributed by atoms with E-state index in [-0.39, 0.29) is 18.9 Å². The number of hydrogen-bond acceptors (Lipinski definition) is 3. The highest BCUT2D eigenvalue weighted by Crippen LogP contribution is 2.56. The van der Waals surface area contributed by atoms with E-state index < -0.39 is 35.3 Å². The van der Waals surface area contributed by atoms with Crippen LogP contribution >= 0.6 is 0 Å². The van der Waals surface area contributed by atoms with Gasteiger partial charge in [-0.25, -0.2) is 4.79 Å².